The minimum absolute atomic E-state index is 0.0397. The van der Waals surface area contributed by atoms with Gasteiger partial charge in [0.2, 0.25) is 0 Å². The fourth-order valence-corrected chi connectivity index (χ4v) is 1.71. The maximum atomic E-state index is 13.5. The van der Waals surface area contributed by atoms with Gasteiger partial charge in [-0.15, -0.1) is 0 Å². The summed E-state index contributed by atoms with van der Waals surface area (Å²) in [6.07, 6.45) is 0. The van der Waals surface area contributed by atoms with Gasteiger partial charge < -0.3 is 16.0 Å². The van der Waals surface area contributed by atoms with Crippen molar-refractivity contribution in [1.82, 2.24) is 5.32 Å². The highest BCUT2D eigenvalue weighted by molar-refractivity contribution is 6.04. The monoisotopic (exact) mass is 287 g/mol. The number of hydrogen-bond donors (Lipinski definition) is 3. The molecule has 0 saturated carbocycles. The number of anilines is 2. The van der Waals surface area contributed by atoms with Crippen LogP contribution < -0.4 is 16.0 Å². The predicted molar refractivity (Wildman–Crippen MR) is 78.9 cm³/mol. The summed E-state index contributed by atoms with van der Waals surface area (Å²) in [7, 11) is 1.50. The number of amides is 3. The third kappa shape index (κ3) is 3.79. The molecule has 0 aliphatic rings. The lowest BCUT2D eigenvalue weighted by Gasteiger charge is -2.09. The first kappa shape index (κ1) is 14.5. The molecule has 5 nitrogen and oxygen atoms in total. The molecule has 0 aromatic heterocycles. The van der Waals surface area contributed by atoms with E-state index in [1.807, 2.05) is 0 Å². The van der Waals surface area contributed by atoms with Gasteiger partial charge in [-0.1, -0.05) is 18.2 Å². The van der Waals surface area contributed by atoms with Gasteiger partial charge in [0, 0.05) is 18.4 Å². The van der Waals surface area contributed by atoms with Crippen LogP contribution in [0.1, 0.15) is 10.4 Å². The van der Waals surface area contributed by atoms with E-state index < -0.39 is 11.7 Å². The zero-order valence-corrected chi connectivity index (χ0v) is 11.3. The summed E-state index contributed by atoms with van der Waals surface area (Å²) in [6, 6.07) is 11.9. The van der Waals surface area contributed by atoms with Crippen LogP contribution in [-0.2, 0) is 0 Å². The molecule has 108 valence electrons. The highest BCUT2D eigenvalue weighted by Crippen LogP contribution is 2.16. The van der Waals surface area contributed by atoms with Crippen LogP contribution in [0.5, 0.6) is 0 Å². The molecule has 0 heterocycles. The molecule has 0 spiro atoms. The summed E-state index contributed by atoms with van der Waals surface area (Å²) < 4.78 is 13.5. The van der Waals surface area contributed by atoms with Crippen LogP contribution in [0.25, 0.3) is 0 Å². The Labute approximate surface area is 121 Å². The largest absolute Gasteiger partial charge is 0.341 e. The Balaban J connectivity index is 2.13. The van der Waals surface area contributed by atoms with E-state index in [9.17, 15) is 14.0 Å². The number of carbonyl (C=O) groups is 2. The maximum absolute atomic E-state index is 13.5. The van der Waals surface area contributed by atoms with Crippen LogP contribution in [0, 0.1) is 5.82 Å². The third-order valence-electron chi connectivity index (χ3n) is 2.72. The molecule has 0 saturated heterocycles. The van der Waals surface area contributed by atoms with Crippen molar-refractivity contribution in [3.8, 4) is 0 Å². The number of rotatable bonds is 3. The van der Waals surface area contributed by atoms with E-state index in [-0.39, 0.29) is 11.6 Å². The van der Waals surface area contributed by atoms with Gasteiger partial charge in [-0.25, -0.2) is 9.18 Å². The van der Waals surface area contributed by atoms with Crippen LogP contribution in [0.2, 0.25) is 0 Å². The van der Waals surface area contributed by atoms with E-state index in [0.717, 1.165) is 0 Å². The van der Waals surface area contributed by atoms with Gasteiger partial charge in [0.1, 0.15) is 5.82 Å². The maximum Gasteiger partial charge on any atom is 0.318 e. The van der Waals surface area contributed by atoms with Crippen LogP contribution in [0.4, 0.5) is 20.6 Å². The molecule has 3 N–H and O–H groups in total. The highest BCUT2D eigenvalue weighted by Gasteiger charge is 2.11. The van der Waals surface area contributed by atoms with Gasteiger partial charge in [0.15, 0.2) is 0 Å². The molecule has 0 atom stereocenters. The zero-order chi connectivity index (χ0) is 15.2. The van der Waals surface area contributed by atoms with Crippen molar-refractivity contribution in [2.24, 2.45) is 0 Å². The number of carbonyl (C=O) groups excluding carboxylic acids is 2. The van der Waals surface area contributed by atoms with Gasteiger partial charge in [-0.2, -0.15) is 0 Å². The fraction of sp³-hybridized carbons (Fsp3) is 0.0667. The van der Waals surface area contributed by atoms with Gasteiger partial charge in [0.05, 0.1) is 5.56 Å². The van der Waals surface area contributed by atoms with Crippen LogP contribution >= 0.6 is 0 Å². The molecule has 21 heavy (non-hydrogen) atoms. The smallest absolute Gasteiger partial charge is 0.318 e. The molecule has 0 aliphatic heterocycles. The molecule has 2 rings (SSSR count). The first-order valence-corrected chi connectivity index (χ1v) is 6.25. The Bertz CT molecular complexity index is 673. The number of halogens is 1. The Morgan fingerprint density at radius 3 is 2.29 bits per heavy atom. The molecule has 2 aromatic carbocycles. The lowest BCUT2D eigenvalue weighted by atomic mass is 10.2. The average Bonchev–Trinajstić information content (AvgIpc) is 2.47. The van der Waals surface area contributed by atoms with E-state index in [1.165, 1.54) is 25.2 Å². The number of hydrogen-bond acceptors (Lipinski definition) is 2. The van der Waals surface area contributed by atoms with E-state index in [2.05, 4.69) is 16.0 Å². The van der Waals surface area contributed by atoms with Gasteiger partial charge in [-0.05, 0) is 30.3 Å². The summed E-state index contributed by atoms with van der Waals surface area (Å²) in [5.74, 6) is -1.14. The van der Waals surface area contributed by atoms with E-state index in [4.69, 9.17) is 0 Å². The van der Waals surface area contributed by atoms with Crippen molar-refractivity contribution >= 4 is 23.3 Å². The molecule has 0 aliphatic carbocycles. The van der Waals surface area contributed by atoms with Crippen LogP contribution in [0.3, 0.4) is 0 Å². The van der Waals surface area contributed by atoms with Crippen molar-refractivity contribution in [2.45, 2.75) is 0 Å². The third-order valence-corrected chi connectivity index (χ3v) is 2.72. The van der Waals surface area contributed by atoms with Crippen molar-refractivity contribution in [2.75, 3.05) is 17.7 Å². The first-order chi connectivity index (χ1) is 10.1. The quantitative estimate of drug-likeness (QED) is 0.812. The second-order valence-electron chi connectivity index (χ2n) is 4.22. The molecular weight excluding hydrogens is 273 g/mol. The molecular formula is C15H14FN3O2. The minimum atomic E-state index is -0.588. The van der Waals surface area contributed by atoms with E-state index >= 15 is 0 Å². The second-order valence-corrected chi connectivity index (χ2v) is 4.22. The number of urea groups is 1. The average molecular weight is 287 g/mol. The Hall–Kier alpha value is -2.89. The molecule has 6 heteroatoms. The molecule has 0 fully saturated rings. The van der Waals surface area contributed by atoms with Crippen molar-refractivity contribution < 1.29 is 14.0 Å². The predicted octanol–water partition coefficient (Wildman–Crippen LogP) is 2.83. The van der Waals surface area contributed by atoms with Crippen molar-refractivity contribution in [1.29, 1.82) is 0 Å². The lowest BCUT2D eigenvalue weighted by molar-refractivity contribution is 0.102. The number of benzene rings is 2. The summed E-state index contributed by atoms with van der Waals surface area (Å²) in [6.45, 7) is 0. The Morgan fingerprint density at radius 2 is 1.62 bits per heavy atom. The van der Waals surface area contributed by atoms with Crippen LogP contribution in [0.15, 0.2) is 48.5 Å². The standard InChI is InChI=1S/C15H14FN3O2/c1-17-15(21)19-11-6-4-5-10(9-11)18-14(20)12-7-2-3-8-13(12)16/h2-9H,1H3,(H,18,20)(H2,17,19,21). The normalized spacial score (nSPS) is 9.81. The molecule has 3 amide bonds. The minimum Gasteiger partial charge on any atom is -0.341 e. The molecule has 0 unspecified atom stereocenters. The molecule has 0 radical (unpaired) electrons. The summed E-state index contributed by atoms with van der Waals surface area (Å²) in [5, 5.41) is 7.58. The lowest BCUT2D eigenvalue weighted by Crippen LogP contribution is -2.24. The van der Waals surface area contributed by atoms with Gasteiger partial charge in [-0.3, -0.25) is 4.79 Å². The SMILES string of the molecule is CNC(=O)Nc1cccc(NC(=O)c2ccccc2F)c1. The number of nitrogens with one attached hydrogen (secondary N) is 3. The second kappa shape index (κ2) is 6.51. The highest BCUT2D eigenvalue weighted by atomic mass is 19.1. The molecule has 0 bridgehead atoms. The van der Waals surface area contributed by atoms with Crippen LogP contribution in [-0.4, -0.2) is 19.0 Å². The van der Waals surface area contributed by atoms with E-state index in [1.54, 1.807) is 30.3 Å². The van der Waals surface area contributed by atoms with Crippen molar-refractivity contribution in [3.63, 3.8) is 0 Å². The van der Waals surface area contributed by atoms with Gasteiger partial charge in [0.25, 0.3) is 5.91 Å². The summed E-state index contributed by atoms with van der Waals surface area (Å²) >= 11 is 0. The zero-order valence-electron chi connectivity index (χ0n) is 11.3. The van der Waals surface area contributed by atoms with E-state index in [0.29, 0.717) is 11.4 Å². The molecule has 2 aromatic rings. The fourth-order valence-electron chi connectivity index (χ4n) is 1.71. The van der Waals surface area contributed by atoms with Crippen molar-refractivity contribution in [3.05, 3.63) is 59.9 Å². The Kier molecular flexibility index (Phi) is 4.50. The topological polar surface area (TPSA) is 70.2 Å². The Morgan fingerprint density at radius 1 is 0.952 bits per heavy atom. The van der Waals surface area contributed by atoms with Gasteiger partial charge >= 0.3 is 6.03 Å². The summed E-state index contributed by atoms with van der Waals surface area (Å²) in [5.41, 5.74) is 0.931. The first-order valence-electron chi connectivity index (χ1n) is 6.25. The summed E-state index contributed by atoms with van der Waals surface area (Å²) in [4.78, 5) is 23.2.